The number of hydrogen-bond acceptors (Lipinski definition) is 3. The molecule has 0 saturated heterocycles. The second-order valence-electron chi connectivity index (χ2n) is 9.06. The Bertz CT molecular complexity index is 449. The first-order valence-corrected chi connectivity index (χ1v) is 8.47. The average Bonchev–Trinajstić information content (AvgIpc) is 2.35. The highest BCUT2D eigenvalue weighted by Gasteiger charge is 2.35. The van der Waals surface area contributed by atoms with Gasteiger partial charge in [0.1, 0.15) is 6.10 Å². The summed E-state index contributed by atoms with van der Waals surface area (Å²) in [5.41, 5.74) is 0.736. The van der Waals surface area contributed by atoms with E-state index in [9.17, 15) is 0 Å². The van der Waals surface area contributed by atoms with Gasteiger partial charge in [-0.1, -0.05) is 30.3 Å². The van der Waals surface area contributed by atoms with E-state index >= 15 is 0 Å². The molecule has 1 rings (SSSR count). The van der Waals surface area contributed by atoms with E-state index in [0.717, 1.165) is 5.56 Å². The number of hydroxylamine groups is 2. The Morgan fingerprint density at radius 2 is 1.30 bits per heavy atom. The smallest absolute Gasteiger partial charge is 0.128 e. The zero-order valence-corrected chi connectivity index (χ0v) is 16.4. The third-order valence-corrected chi connectivity index (χ3v) is 3.29. The molecule has 1 aromatic carbocycles. The Balaban J connectivity index is 3.04. The summed E-state index contributed by atoms with van der Waals surface area (Å²) in [5.74, 6) is 0. The molecule has 0 amide bonds. The van der Waals surface area contributed by atoms with Gasteiger partial charge < -0.3 is 4.74 Å². The minimum atomic E-state index is -0.190. The van der Waals surface area contributed by atoms with Gasteiger partial charge in [0.15, 0.2) is 0 Å². The topological polar surface area (TPSA) is 21.7 Å². The predicted octanol–water partition coefficient (Wildman–Crippen LogP) is 5.37. The van der Waals surface area contributed by atoms with Crippen molar-refractivity contribution in [2.75, 3.05) is 6.61 Å². The van der Waals surface area contributed by atoms with Crippen LogP contribution in [-0.4, -0.2) is 28.3 Å². The molecule has 0 aromatic heterocycles. The number of hydrogen-bond donors (Lipinski definition) is 0. The van der Waals surface area contributed by atoms with Crippen LogP contribution in [0.4, 0.5) is 0 Å². The minimum Gasteiger partial charge on any atom is -0.373 e. The number of benzene rings is 1. The van der Waals surface area contributed by atoms with Crippen LogP contribution in [-0.2, 0) is 9.57 Å². The number of ether oxygens (including phenoxy) is 1. The van der Waals surface area contributed by atoms with Gasteiger partial charge in [-0.2, -0.15) is 5.06 Å². The Morgan fingerprint density at radius 3 is 1.70 bits per heavy atom. The third-order valence-electron chi connectivity index (χ3n) is 3.29. The summed E-state index contributed by atoms with van der Waals surface area (Å²) in [6.07, 6.45) is -0.131. The molecule has 0 aliphatic heterocycles. The van der Waals surface area contributed by atoms with Crippen LogP contribution in [0, 0.1) is 0 Å². The molecule has 0 heterocycles. The van der Waals surface area contributed by atoms with Gasteiger partial charge in [-0.3, -0.25) is 4.84 Å². The molecule has 1 unspecified atom stereocenters. The van der Waals surface area contributed by atoms with Crippen molar-refractivity contribution < 1.29 is 9.57 Å². The molecule has 0 bridgehead atoms. The fraction of sp³-hybridized carbons (Fsp3) is 0.700. The Labute approximate surface area is 142 Å². The van der Waals surface area contributed by atoms with Crippen LogP contribution in [0.3, 0.4) is 0 Å². The van der Waals surface area contributed by atoms with Crippen molar-refractivity contribution in [1.29, 1.82) is 0 Å². The zero-order chi connectivity index (χ0) is 17.9. The van der Waals surface area contributed by atoms with Crippen molar-refractivity contribution in [3.05, 3.63) is 35.9 Å². The van der Waals surface area contributed by atoms with Gasteiger partial charge in [-0.25, -0.2) is 0 Å². The van der Waals surface area contributed by atoms with Crippen molar-refractivity contribution >= 4 is 0 Å². The summed E-state index contributed by atoms with van der Waals surface area (Å²) >= 11 is 0. The van der Waals surface area contributed by atoms with Gasteiger partial charge in [-0.15, -0.1) is 0 Å². The summed E-state index contributed by atoms with van der Waals surface area (Å²) in [6.45, 7) is 19.8. The molecule has 1 atom stereocenters. The van der Waals surface area contributed by atoms with Crippen molar-refractivity contribution in [3.63, 3.8) is 0 Å². The molecule has 3 nitrogen and oxygen atoms in total. The standard InChI is InChI=1S/C20H35NO2/c1-18(2,3)21(19(4,5)6)23-17(15-22-20(7,8)9)16-13-11-10-12-14-16/h10-14,17H,15H2,1-9H3. The van der Waals surface area contributed by atoms with Crippen LogP contribution in [0.5, 0.6) is 0 Å². The highest BCUT2D eigenvalue weighted by atomic mass is 16.7. The quantitative estimate of drug-likeness (QED) is 0.680. The second kappa shape index (κ2) is 7.33. The Hall–Kier alpha value is -0.900. The lowest BCUT2D eigenvalue weighted by molar-refractivity contribution is -0.296. The van der Waals surface area contributed by atoms with Crippen LogP contribution in [0.1, 0.15) is 74.0 Å². The number of rotatable bonds is 5. The molecule has 0 aliphatic rings. The van der Waals surface area contributed by atoms with Crippen molar-refractivity contribution in [1.82, 2.24) is 5.06 Å². The van der Waals surface area contributed by atoms with Crippen molar-refractivity contribution in [2.45, 2.75) is 85.1 Å². The van der Waals surface area contributed by atoms with Crippen LogP contribution in [0.15, 0.2) is 30.3 Å². The van der Waals surface area contributed by atoms with E-state index in [4.69, 9.17) is 9.57 Å². The maximum Gasteiger partial charge on any atom is 0.128 e. The molecule has 0 radical (unpaired) electrons. The van der Waals surface area contributed by atoms with Gasteiger partial charge in [0.05, 0.1) is 12.2 Å². The highest BCUT2D eigenvalue weighted by Crippen LogP contribution is 2.31. The van der Waals surface area contributed by atoms with E-state index < -0.39 is 0 Å². The average molecular weight is 322 g/mol. The summed E-state index contributed by atoms with van der Waals surface area (Å²) in [7, 11) is 0. The molecule has 0 spiro atoms. The van der Waals surface area contributed by atoms with Crippen molar-refractivity contribution in [2.24, 2.45) is 0 Å². The first-order valence-electron chi connectivity index (χ1n) is 8.47. The molecule has 1 aromatic rings. The Morgan fingerprint density at radius 1 is 0.826 bits per heavy atom. The van der Waals surface area contributed by atoms with Gasteiger partial charge in [0.2, 0.25) is 0 Å². The maximum atomic E-state index is 6.47. The zero-order valence-electron chi connectivity index (χ0n) is 16.4. The predicted molar refractivity (Wildman–Crippen MR) is 97.3 cm³/mol. The lowest BCUT2D eigenvalue weighted by Crippen LogP contribution is -2.53. The van der Waals surface area contributed by atoms with Crippen LogP contribution in [0.25, 0.3) is 0 Å². The lowest BCUT2D eigenvalue weighted by Gasteiger charge is -2.45. The molecule has 0 fully saturated rings. The van der Waals surface area contributed by atoms with Gasteiger partial charge in [-0.05, 0) is 67.9 Å². The maximum absolute atomic E-state index is 6.47. The summed E-state index contributed by atoms with van der Waals surface area (Å²) in [4.78, 5) is 6.47. The van der Waals surface area contributed by atoms with Crippen LogP contribution >= 0.6 is 0 Å². The molecule has 0 saturated carbocycles. The molecule has 0 aliphatic carbocycles. The van der Waals surface area contributed by atoms with Crippen LogP contribution < -0.4 is 0 Å². The highest BCUT2D eigenvalue weighted by molar-refractivity contribution is 5.17. The van der Waals surface area contributed by atoms with E-state index in [0.29, 0.717) is 6.61 Å². The first kappa shape index (κ1) is 20.1. The lowest BCUT2D eigenvalue weighted by atomic mass is 10.00. The van der Waals surface area contributed by atoms with E-state index in [1.54, 1.807) is 0 Å². The van der Waals surface area contributed by atoms with E-state index in [2.05, 4.69) is 79.5 Å². The summed E-state index contributed by atoms with van der Waals surface area (Å²) < 4.78 is 6.02. The Kier molecular flexibility index (Phi) is 6.42. The SMILES string of the molecule is CC(C)(C)OCC(ON(C(C)(C)C)C(C)(C)C)c1ccccc1. The normalized spacial score (nSPS) is 15.0. The molecule has 0 N–H and O–H groups in total. The van der Waals surface area contributed by atoms with Crippen LogP contribution in [0.2, 0.25) is 0 Å². The van der Waals surface area contributed by atoms with E-state index in [1.807, 2.05) is 18.2 Å². The molecular formula is C20H35NO2. The molecule has 3 heteroatoms. The van der Waals surface area contributed by atoms with Gasteiger partial charge in [0.25, 0.3) is 0 Å². The van der Waals surface area contributed by atoms with E-state index in [1.165, 1.54) is 0 Å². The van der Waals surface area contributed by atoms with Gasteiger partial charge in [0, 0.05) is 11.1 Å². The largest absolute Gasteiger partial charge is 0.373 e. The number of nitrogens with zero attached hydrogens (tertiary/aromatic N) is 1. The molecule has 132 valence electrons. The van der Waals surface area contributed by atoms with E-state index in [-0.39, 0.29) is 22.8 Å². The van der Waals surface area contributed by atoms with Crippen molar-refractivity contribution in [3.8, 4) is 0 Å². The fourth-order valence-electron chi connectivity index (χ4n) is 2.63. The molecule has 23 heavy (non-hydrogen) atoms. The summed E-state index contributed by atoms with van der Waals surface area (Å²) in [5, 5.41) is 2.09. The third kappa shape index (κ3) is 7.03. The second-order valence-corrected chi connectivity index (χ2v) is 9.06. The summed E-state index contributed by atoms with van der Waals surface area (Å²) in [6, 6.07) is 10.3. The minimum absolute atomic E-state index is 0.104. The van der Waals surface area contributed by atoms with Gasteiger partial charge >= 0.3 is 0 Å². The first-order chi connectivity index (χ1) is 10.3. The monoisotopic (exact) mass is 321 g/mol. The fourth-order valence-corrected chi connectivity index (χ4v) is 2.63. The molecular weight excluding hydrogens is 286 g/mol.